The predicted molar refractivity (Wildman–Crippen MR) is 117 cm³/mol. The van der Waals surface area contributed by atoms with Gasteiger partial charge in [0.1, 0.15) is 0 Å². The molecule has 0 radical (unpaired) electrons. The normalized spacial score (nSPS) is 20.5. The molecule has 1 aromatic heterocycles. The molecule has 0 fully saturated rings. The average molecular weight is 424 g/mol. The fourth-order valence-corrected chi connectivity index (χ4v) is 5.74. The number of hydrogen-bond donors (Lipinski definition) is 1. The summed E-state index contributed by atoms with van der Waals surface area (Å²) in [6.45, 7) is 0.177. The van der Waals surface area contributed by atoms with Crippen LogP contribution in [-0.2, 0) is 23.0 Å². The number of hydrogen-bond acceptors (Lipinski definition) is 5. The maximum atomic E-state index is 13.5. The summed E-state index contributed by atoms with van der Waals surface area (Å²) in [7, 11) is 0.184. The van der Waals surface area contributed by atoms with Gasteiger partial charge in [-0.3, -0.25) is 4.98 Å². The van der Waals surface area contributed by atoms with E-state index in [0.717, 1.165) is 16.8 Å². The molecule has 2 atom stereocenters. The van der Waals surface area contributed by atoms with Gasteiger partial charge in [-0.05, 0) is 47.9 Å². The maximum absolute atomic E-state index is 13.5. The van der Waals surface area contributed by atoms with Crippen LogP contribution >= 0.6 is 0 Å². The van der Waals surface area contributed by atoms with Gasteiger partial charge >= 0.3 is 0 Å². The van der Waals surface area contributed by atoms with Crippen LogP contribution in [0.2, 0.25) is 0 Å². The molecule has 6 nitrogen and oxygen atoms in total. The van der Waals surface area contributed by atoms with E-state index in [4.69, 9.17) is 0 Å². The third-order valence-corrected chi connectivity index (χ3v) is 7.49. The molecule has 2 unspecified atom stereocenters. The van der Waals surface area contributed by atoms with Crippen molar-refractivity contribution in [3.05, 3.63) is 89.7 Å². The minimum atomic E-state index is -3.76. The van der Waals surface area contributed by atoms with Gasteiger partial charge in [-0.2, -0.15) is 4.31 Å². The molecule has 0 spiro atoms. The quantitative estimate of drug-likeness (QED) is 0.683. The highest BCUT2D eigenvalue weighted by Crippen LogP contribution is 2.39. The number of rotatable bonds is 5. The molecule has 0 saturated carbocycles. The van der Waals surface area contributed by atoms with Crippen LogP contribution in [-0.4, -0.2) is 43.0 Å². The first-order chi connectivity index (χ1) is 14.4. The standard InChI is InChI=1S/C23H25N3O3S/c1-25(2)19-9-7-17(8-10-19)15-21-23(27)20-5-3-4-6-22(20)30(28,29)26(21)16-18-11-13-24-14-12-18/h3-14,21,23,27H,15-16H2,1-2H3. The van der Waals surface area contributed by atoms with Gasteiger partial charge in [0.2, 0.25) is 10.0 Å². The largest absolute Gasteiger partial charge is 0.387 e. The second-order valence-corrected chi connectivity index (χ2v) is 9.58. The zero-order valence-electron chi connectivity index (χ0n) is 17.0. The van der Waals surface area contributed by atoms with Crippen LogP contribution in [0, 0.1) is 0 Å². The lowest BCUT2D eigenvalue weighted by atomic mass is 9.95. The average Bonchev–Trinajstić information content (AvgIpc) is 2.76. The van der Waals surface area contributed by atoms with Gasteiger partial charge in [0.15, 0.2) is 0 Å². The number of aliphatic hydroxyl groups is 1. The van der Waals surface area contributed by atoms with Crippen molar-refractivity contribution >= 4 is 15.7 Å². The van der Waals surface area contributed by atoms with Gasteiger partial charge in [0.25, 0.3) is 0 Å². The van der Waals surface area contributed by atoms with E-state index in [1.165, 1.54) is 4.31 Å². The van der Waals surface area contributed by atoms with Crippen LogP contribution in [0.15, 0.2) is 78.0 Å². The molecular weight excluding hydrogens is 398 g/mol. The Morgan fingerprint density at radius 1 is 0.967 bits per heavy atom. The molecule has 0 saturated heterocycles. The van der Waals surface area contributed by atoms with E-state index in [0.29, 0.717) is 12.0 Å². The molecule has 7 heteroatoms. The van der Waals surface area contributed by atoms with Crippen LogP contribution in [0.5, 0.6) is 0 Å². The number of anilines is 1. The lowest BCUT2D eigenvalue weighted by Gasteiger charge is -2.39. The van der Waals surface area contributed by atoms with Gasteiger partial charge in [0, 0.05) is 44.3 Å². The fraction of sp³-hybridized carbons (Fsp3) is 0.261. The molecule has 2 aromatic carbocycles. The number of pyridine rings is 1. The van der Waals surface area contributed by atoms with Crippen molar-refractivity contribution < 1.29 is 13.5 Å². The molecule has 0 aliphatic carbocycles. The molecular formula is C23H25N3O3S. The number of sulfonamides is 1. The van der Waals surface area contributed by atoms with Crippen LogP contribution in [0.25, 0.3) is 0 Å². The summed E-state index contributed by atoms with van der Waals surface area (Å²) >= 11 is 0. The zero-order valence-corrected chi connectivity index (χ0v) is 17.8. The summed E-state index contributed by atoms with van der Waals surface area (Å²) in [6, 6.07) is 17.7. The summed E-state index contributed by atoms with van der Waals surface area (Å²) in [5.74, 6) is 0. The molecule has 30 heavy (non-hydrogen) atoms. The third-order valence-electron chi connectivity index (χ3n) is 5.54. The van der Waals surface area contributed by atoms with Crippen molar-refractivity contribution in [2.45, 2.75) is 30.0 Å². The number of nitrogens with zero attached hydrogens (tertiary/aromatic N) is 3. The predicted octanol–water partition coefficient (Wildman–Crippen LogP) is 3.00. The van der Waals surface area contributed by atoms with Crippen molar-refractivity contribution in [3.8, 4) is 0 Å². The van der Waals surface area contributed by atoms with E-state index in [1.54, 1.807) is 48.8 Å². The van der Waals surface area contributed by atoms with Gasteiger partial charge in [-0.25, -0.2) is 8.42 Å². The Hall–Kier alpha value is -2.74. The molecule has 1 aliphatic heterocycles. The highest BCUT2D eigenvalue weighted by molar-refractivity contribution is 7.89. The van der Waals surface area contributed by atoms with Crippen LogP contribution in [0.4, 0.5) is 5.69 Å². The first-order valence-corrected chi connectivity index (χ1v) is 11.3. The van der Waals surface area contributed by atoms with Crippen molar-refractivity contribution in [2.75, 3.05) is 19.0 Å². The lowest BCUT2D eigenvalue weighted by molar-refractivity contribution is 0.0769. The van der Waals surface area contributed by atoms with Crippen LogP contribution in [0.3, 0.4) is 0 Å². The van der Waals surface area contributed by atoms with E-state index in [-0.39, 0.29) is 11.4 Å². The number of aromatic nitrogens is 1. The number of aliphatic hydroxyl groups excluding tert-OH is 1. The van der Waals surface area contributed by atoms with Crippen LogP contribution < -0.4 is 4.90 Å². The number of fused-ring (bicyclic) bond motifs is 1. The molecule has 1 N–H and O–H groups in total. The first-order valence-electron chi connectivity index (χ1n) is 9.82. The Bertz CT molecular complexity index is 1120. The summed E-state index contributed by atoms with van der Waals surface area (Å²) in [5, 5.41) is 11.2. The van der Waals surface area contributed by atoms with Gasteiger partial charge in [0.05, 0.1) is 17.0 Å². The van der Waals surface area contributed by atoms with Crippen molar-refractivity contribution in [2.24, 2.45) is 0 Å². The van der Waals surface area contributed by atoms with E-state index in [1.807, 2.05) is 43.3 Å². The van der Waals surface area contributed by atoms with Crippen LogP contribution in [0.1, 0.15) is 22.8 Å². The van der Waals surface area contributed by atoms with Crippen molar-refractivity contribution in [3.63, 3.8) is 0 Å². The van der Waals surface area contributed by atoms with Crippen molar-refractivity contribution in [1.29, 1.82) is 0 Å². The number of benzene rings is 2. The zero-order chi connectivity index (χ0) is 21.3. The summed E-state index contributed by atoms with van der Waals surface area (Å²) < 4.78 is 28.4. The highest BCUT2D eigenvalue weighted by atomic mass is 32.2. The summed E-state index contributed by atoms with van der Waals surface area (Å²) in [6.07, 6.45) is 2.78. The van der Waals surface area contributed by atoms with E-state index in [9.17, 15) is 13.5 Å². The Kier molecular flexibility index (Phi) is 5.60. The second-order valence-electron chi connectivity index (χ2n) is 7.72. The topological polar surface area (TPSA) is 73.7 Å². The minimum Gasteiger partial charge on any atom is -0.387 e. The molecule has 156 valence electrons. The first kappa shape index (κ1) is 20.5. The van der Waals surface area contributed by atoms with Gasteiger partial charge < -0.3 is 10.0 Å². The second kappa shape index (κ2) is 8.18. The Balaban J connectivity index is 1.74. The molecule has 0 bridgehead atoms. The smallest absolute Gasteiger partial charge is 0.244 e. The van der Waals surface area contributed by atoms with E-state index in [2.05, 4.69) is 4.98 Å². The Morgan fingerprint density at radius 2 is 1.63 bits per heavy atom. The highest BCUT2D eigenvalue weighted by Gasteiger charge is 2.43. The molecule has 3 aromatic rings. The SMILES string of the molecule is CN(C)c1ccc(CC2C(O)c3ccccc3S(=O)(=O)N2Cc2ccncc2)cc1. The van der Waals surface area contributed by atoms with Gasteiger partial charge in [-0.1, -0.05) is 30.3 Å². The monoisotopic (exact) mass is 423 g/mol. The summed E-state index contributed by atoms with van der Waals surface area (Å²) in [5.41, 5.74) is 3.32. The Morgan fingerprint density at radius 3 is 2.30 bits per heavy atom. The molecule has 4 rings (SSSR count). The molecule has 2 heterocycles. The minimum absolute atomic E-state index is 0.172. The maximum Gasteiger partial charge on any atom is 0.244 e. The molecule has 1 aliphatic rings. The molecule has 0 amide bonds. The Labute approximate surface area is 177 Å². The lowest BCUT2D eigenvalue weighted by Crippen LogP contribution is -2.48. The fourth-order valence-electron chi connectivity index (χ4n) is 3.88. The third kappa shape index (κ3) is 3.84. The van der Waals surface area contributed by atoms with Crippen molar-refractivity contribution in [1.82, 2.24) is 9.29 Å². The van der Waals surface area contributed by atoms with E-state index >= 15 is 0 Å². The summed E-state index contributed by atoms with van der Waals surface area (Å²) in [4.78, 5) is 6.20. The van der Waals surface area contributed by atoms with Gasteiger partial charge in [-0.15, -0.1) is 0 Å². The van der Waals surface area contributed by atoms with E-state index < -0.39 is 22.2 Å².